The Balaban J connectivity index is 1.56. The summed E-state index contributed by atoms with van der Waals surface area (Å²) in [5.74, 6) is 0.258. The number of ether oxygens (including phenoxy) is 3. The molecule has 27 heavy (non-hydrogen) atoms. The molecule has 1 aromatic rings. The van der Waals surface area contributed by atoms with Crippen molar-refractivity contribution in [3.05, 3.63) is 23.8 Å². The van der Waals surface area contributed by atoms with Gasteiger partial charge in [0.15, 0.2) is 28.9 Å². The molecular formula is C15H18N4O7S. The molecular weight excluding hydrogens is 380 g/mol. The Bertz CT molecular complexity index is 762. The molecule has 0 saturated carbocycles. The van der Waals surface area contributed by atoms with Crippen molar-refractivity contribution in [3.63, 3.8) is 0 Å². The maximum atomic E-state index is 11.3. The molecule has 0 radical (unpaired) electrons. The lowest BCUT2D eigenvalue weighted by Crippen LogP contribution is -2.65. The first-order valence-electron chi connectivity index (χ1n) is 7.85. The number of carbonyl (C=O) groups excluding carboxylic acids is 1. The molecule has 1 fully saturated rings. The number of primary amides is 1. The highest BCUT2D eigenvalue weighted by atomic mass is 32.1. The summed E-state index contributed by atoms with van der Waals surface area (Å²) in [6.07, 6.45) is -6.15. The molecule has 1 saturated heterocycles. The summed E-state index contributed by atoms with van der Waals surface area (Å²) < 4.78 is 15.6. The summed E-state index contributed by atoms with van der Waals surface area (Å²) in [5.41, 5.74) is 8.33. The van der Waals surface area contributed by atoms with Crippen LogP contribution in [0.4, 0.5) is 0 Å². The minimum Gasteiger partial charge on any atom is -0.454 e. The lowest BCUT2D eigenvalue weighted by Gasteiger charge is -2.39. The molecule has 3 rings (SSSR count). The molecule has 2 aliphatic rings. The predicted molar refractivity (Wildman–Crippen MR) is 94.9 cm³/mol. The first-order valence-corrected chi connectivity index (χ1v) is 8.26. The Hall–Kier alpha value is -2.51. The Morgan fingerprint density at radius 2 is 1.96 bits per heavy atom. The molecule has 11 nitrogen and oxygen atoms in total. The number of aliphatic hydroxyl groups is 3. The third-order valence-corrected chi connectivity index (χ3v) is 4.15. The maximum Gasteiger partial charge on any atom is 0.249 e. The Morgan fingerprint density at radius 3 is 2.70 bits per heavy atom. The molecule has 2 heterocycles. The van der Waals surface area contributed by atoms with Crippen LogP contribution < -0.4 is 25.9 Å². The van der Waals surface area contributed by atoms with E-state index in [1.54, 1.807) is 18.2 Å². The van der Waals surface area contributed by atoms with Crippen LogP contribution in [0, 0.1) is 0 Å². The second-order valence-corrected chi connectivity index (χ2v) is 6.22. The van der Waals surface area contributed by atoms with Gasteiger partial charge in [0.2, 0.25) is 12.7 Å². The average Bonchev–Trinajstić information content (AvgIpc) is 3.09. The summed E-state index contributed by atoms with van der Waals surface area (Å²) in [6, 6.07) is 5.23. The van der Waals surface area contributed by atoms with Crippen LogP contribution in [0.3, 0.4) is 0 Å². The van der Waals surface area contributed by atoms with Crippen LogP contribution in [0.15, 0.2) is 23.3 Å². The van der Waals surface area contributed by atoms with Gasteiger partial charge in [-0.2, -0.15) is 5.10 Å². The molecule has 0 unspecified atom stereocenters. The fourth-order valence-corrected chi connectivity index (χ4v) is 2.72. The fourth-order valence-electron chi connectivity index (χ4n) is 2.55. The Labute approximate surface area is 158 Å². The number of benzene rings is 1. The number of fused-ring (bicyclic) bond motifs is 1. The third kappa shape index (κ3) is 4.26. The second-order valence-electron chi connectivity index (χ2n) is 5.81. The summed E-state index contributed by atoms with van der Waals surface area (Å²) >= 11 is 5.02. The van der Waals surface area contributed by atoms with E-state index in [2.05, 4.69) is 15.8 Å². The zero-order chi connectivity index (χ0) is 19.6. The highest BCUT2D eigenvalue weighted by molar-refractivity contribution is 7.80. The van der Waals surface area contributed by atoms with Gasteiger partial charge in [0.1, 0.15) is 18.3 Å². The van der Waals surface area contributed by atoms with Crippen LogP contribution >= 0.6 is 12.2 Å². The molecule has 0 bridgehead atoms. The summed E-state index contributed by atoms with van der Waals surface area (Å²) in [6.45, 7) is 0.165. The predicted octanol–water partition coefficient (Wildman–Crippen LogP) is -2.49. The van der Waals surface area contributed by atoms with Crippen molar-refractivity contribution in [1.82, 2.24) is 10.7 Å². The summed E-state index contributed by atoms with van der Waals surface area (Å²) in [7, 11) is 0. The van der Waals surface area contributed by atoms with Gasteiger partial charge in [-0.25, -0.2) is 0 Å². The number of amides is 1. The number of carbonyl (C=O) groups is 1. The highest BCUT2D eigenvalue weighted by Crippen LogP contribution is 2.31. The van der Waals surface area contributed by atoms with E-state index in [-0.39, 0.29) is 11.9 Å². The molecule has 0 aliphatic carbocycles. The van der Waals surface area contributed by atoms with Crippen molar-refractivity contribution in [2.45, 2.75) is 30.6 Å². The molecule has 146 valence electrons. The minimum absolute atomic E-state index is 0.0529. The maximum absolute atomic E-state index is 11.3. The third-order valence-electron chi connectivity index (χ3n) is 3.94. The largest absolute Gasteiger partial charge is 0.454 e. The zero-order valence-electron chi connectivity index (χ0n) is 13.8. The minimum atomic E-state index is -1.65. The molecule has 7 N–H and O–H groups in total. The topological polar surface area (TPSA) is 168 Å². The van der Waals surface area contributed by atoms with Gasteiger partial charge in [0.25, 0.3) is 0 Å². The van der Waals surface area contributed by atoms with Crippen molar-refractivity contribution in [1.29, 1.82) is 0 Å². The molecule has 1 amide bonds. The lowest BCUT2D eigenvalue weighted by molar-refractivity contribution is -0.222. The first-order chi connectivity index (χ1) is 12.9. The van der Waals surface area contributed by atoms with Gasteiger partial charge in [-0.15, -0.1) is 0 Å². The normalized spacial score (nSPS) is 29.5. The van der Waals surface area contributed by atoms with E-state index in [4.69, 9.17) is 32.2 Å². The lowest BCUT2D eigenvalue weighted by atomic mass is 9.98. The molecule has 12 heteroatoms. The van der Waals surface area contributed by atoms with Crippen molar-refractivity contribution < 1.29 is 34.3 Å². The van der Waals surface area contributed by atoms with Gasteiger partial charge in [-0.05, 0) is 36.0 Å². The number of hydrogen-bond donors (Lipinski definition) is 6. The monoisotopic (exact) mass is 398 g/mol. The van der Waals surface area contributed by atoms with E-state index in [0.29, 0.717) is 11.5 Å². The number of rotatable bonds is 4. The van der Waals surface area contributed by atoms with Gasteiger partial charge in [0.05, 0.1) is 6.21 Å². The van der Waals surface area contributed by atoms with Crippen molar-refractivity contribution in [2.75, 3.05) is 6.79 Å². The van der Waals surface area contributed by atoms with Gasteiger partial charge < -0.3 is 40.6 Å². The smallest absolute Gasteiger partial charge is 0.249 e. The number of nitrogens with zero attached hydrogens (tertiary/aromatic N) is 1. The van der Waals surface area contributed by atoms with E-state index >= 15 is 0 Å². The summed E-state index contributed by atoms with van der Waals surface area (Å²) in [4.78, 5) is 11.3. The zero-order valence-corrected chi connectivity index (χ0v) is 14.6. The summed E-state index contributed by atoms with van der Waals surface area (Å²) in [5, 5.41) is 35.9. The van der Waals surface area contributed by atoms with Crippen LogP contribution in [-0.4, -0.2) is 70.0 Å². The number of nitrogens with one attached hydrogen (secondary N) is 2. The Morgan fingerprint density at radius 1 is 1.22 bits per heavy atom. The highest BCUT2D eigenvalue weighted by Gasteiger charge is 2.46. The van der Waals surface area contributed by atoms with Crippen molar-refractivity contribution >= 4 is 29.5 Å². The van der Waals surface area contributed by atoms with Crippen LogP contribution in [-0.2, 0) is 9.53 Å². The number of nitrogens with two attached hydrogens (primary N) is 1. The number of hydrazone groups is 1. The number of aliphatic hydroxyl groups excluding tert-OH is 3. The van der Waals surface area contributed by atoms with E-state index in [1.165, 1.54) is 6.21 Å². The molecule has 1 aromatic carbocycles. The molecule has 5 atom stereocenters. The molecule has 0 spiro atoms. The SMILES string of the molecule is NC(=O)[C@H]1O[C@@H](NC(=S)N/N=C/c2ccc3c(c2)OCO3)[C@H](O)[C@@H](O)[C@@H]1O. The molecule has 2 aliphatic heterocycles. The quantitative estimate of drug-likeness (QED) is 0.181. The van der Waals surface area contributed by atoms with Crippen molar-refractivity contribution in [3.8, 4) is 11.5 Å². The number of hydrogen-bond acceptors (Lipinski definition) is 9. The van der Waals surface area contributed by atoms with Crippen LogP contribution in [0.25, 0.3) is 0 Å². The van der Waals surface area contributed by atoms with Crippen molar-refractivity contribution in [2.24, 2.45) is 10.8 Å². The standard InChI is InChI=1S/C15H18N4O7S/c16-13(23)12-10(21)9(20)11(22)14(26-12)18-15(27)19-17-4-6-1-2-7-8(3-6)25-5-24-7/h1-4,9-12,14,20-22H,5H2,(H2,16,23)(H2,18,19,27)/b17-4+/t9-,10-,11+,12-,14+/m0/s1. The van der Waals surface area contributed by atoms with E-state index in [9.17, 15) is 20.1 Å². The first kappa shape index (κ1) is 19.3. The van der Waals surface area contributed by atoms with Crippen LogP contribution in [0.1, 0.15) is 5.56 Å². The van der Waals surface area contributed by atoms with Crippen LogP contribution in [0.2, 0.25) is 0 Å². The van der Waals surface area contributed by atoms with Gasteiger partial charge in [-0.1, -0.05) is 0 Å². The number of thiocarbonyl (C=S) groups is 1. The van der Waals surface area contributed by atoms with E-state index < -0.39 is 36.6 Å². The van der Waals surface area contributed by atoms with E-state index in [1.807, 2.05) is 0 Å². The van der Waals surface area contributed by atoms with Crippen LogP contribution in [0.5, 0.6) is 11.5 Å². The molecule has 0 aromatic heterocycles. The van der Waals surface area contributed by atoms with E-state index in [0.717, 1.165) is 5.56 Å². The second kappa shape index (κ2) is 8.02. The fraction of sp³-hybridized carbons (Fsp3) is 0.400. The van der Waals surface area contributed by atoms with Gasteiger partial charge in [-0.3, -0.25) is 10.2 Å². The Kier molecular flexibility index (Phi) is 5.72. The average molecular weight is 398 g/mol. The van der Waals surface area contributed by atoms with Gasteiger partial charge in [0, 0.05) is 0 Å². The van der Waals surface area contributed by atoms with Gasteiger partial charge >= 0.3 is 0 Å².